The monoisotopic (exact) mass is 649 g/mol. The Morgan fingerprint density at radius 1 is 1.03 bits per heavy atom. The molecular weight excluding hydrogens is 628 g/mol. The SMILES string of the molecule is CCOc1cc(/C=C(/C#N)C(=O)Nc2ccc(Cl)cc2)cc(I)c1OCC(=O)Nc1ccc(C)c(Cl)c1. The lowest BCUT2D eigenvalue weighted by Crippen LogP contribution is -2.20. The topological polar surface area (TPSA) is 100 Å². The second-order valence-corrected chi connectivity index (χ2v) is 9.70. The number of carbonyl (C=O) groups is 2. The van der Waals surface area contributed by atoms with E-state index in [2.05, 4.69) is 10.6 Å². The summed E-state index contributed by atoms with van der Waals surface area (Å²) in [6, 6.07) is 17.1. The van der Waals surface area contributed by atoms with Crippen molar-refractivity contribution < 1.29 is 19.1 Å². The molecule has 0 heterocycles. The molecule has 10 heteroatoms. The molecule has 0 aliphatic heterocycles. The van der Waals surface area contributed by atoms with Gasteiger partial charge in [-0.05, 0) is 102 Å². The highest BCUT2D eigenvalue weighted by atomic mass is 127. The van der Waals surface area contributed by atoms with Gasteiger partial charge < -0.3 is 20.1 Å². The van der Waals surface area contributed by atoms with Gasteiger partial charge >= 0.3 is 0 Å². The van der Waals surface area contributed by atoms with Crippen LogP contribution in [0.25, 0.3) is 6.08 Å². The number of aryl methyl sites for hydroxylation is 1. The summed E-state index contributed by atoms with van der Waals surface area (Å²) in [5, 5.41) is 16.1. The predicted octanol–water partition coefficient (Wildman–Crippen LogP) is 6.87. The average Bonchev–Trinajstić information content (AvgIpc) is 2.85. The molecule has 0 saturated carbocycles. The summed E-state index contributed by atoms with van der Waals surface area (Å²) in [5.74, 6) is -0.179. The first-order chi connectivity index (χ1) is 17.7. The number of nitrogens with one attached hydrogen (secondary N) is 2. The van der Waals surface area contributed by atoms with E-state index in [9.17, 15) is 14.9 Å². The Morgan fingerprint density at radius 2 is 1.73 bits per heavy atom. The zero-order valence-corrected chi connectivity index (χ0v) is 23.6. The van der Waals surface area contributed by atoms with Crippen LogP contribution in [0.15, 0.2) is 60.2 Å². The highest BCUT2D eigenvalue weighted by Gasteiger charge is 2.16. The molecule has 2 amide bonds. The van der Waals surface area contributed by atoms with Gasteiger partial charge in [0.05, 0.1) is 10.2 Å². The van der Waals surface area contributed by atoms with Crippen LogP contribution in [0.1, 0.15) is 18.1 Å². The number of halogens is 3. The number of hydrogen-bond donors (Lipinski definition) is 2. The number of benzene rings is 3. The number of ether oxygens (including phenoxy) is 2. The van der Waals surface area contributed by atoms with Gasteiger partial charge in [0.25, 0.3) is 11.8 Å². The Balaban J connectivity index is 1.76. The van der Waals surface area contributed by atoms with Crippen LogP contribution < -0.4 is 20.1 Å². The molecular formula is C27H22Cl2IN3O4. The molecule has 3 rings (SSSR count). The van der Waals surface area contributed by atoms with Crippen molar-refractivity contribution in [2.24, 2.45) is 0 Å². The molecule has 0 spiro atoms. The van der Waals surface area contributed by atoms with Crippen LogP contribution in [-0.4, -0.2) is 25.0 Å². The third-order valence-electron chi connectivity index (χ3n) is 4.91. The number of carbonyl (C=O) groups excluding carboxylic acids is 2. The van der Waals surface area contributed by atoms with E-state index in [1.165, 1.54) is 6.08 Å². The first-order valence-corrected chi connectivity index (χ1v) is 12.9. The molecule has 7 nitrogen and oxygen atoms in total. The molecule has 0 aromatic heterocycles. The normalized spacial score (nSPS) is 10.9. The fraction of sp³-hybridized carbons (Fsp3) is 0.148. The number of amides is 2. The Kier molecular flexibility index (Phi) is 10.2. The standard InChI is InChI=1S/C27H22Cl2IN3O4/c1-3-36-24-12-17(10-18(14-31)27(35)33-20-8-5-19(28)6-9-20)11-23(30)26(24)37-15-25(34)32-21-7-4-16(2)22(29)13-21/h4-13H,3,15H2,1-2H3,(H,32,34)(H,33,35)/b18-10-. The molecule has 0 saturated heterocycles. The molecule has 0 bridgehead atoms. The summed E-state index contributed by atoms with van der Waals surface area (Å²) in [7, 11) is 0. The molecule has 0 aliphatic carbocycles. The number of nitrogens with zero attached hydrogens (tertiary/aromatic N) is 1. The van der Waals surface area contributed by atoms with Gasteiger partial charge in [0.2, 0.25) is 0 Å². The van der Waals surface area contributed by atoms with Gasteiger partial charge in [0, 0.05) is 21.4 Å². The van der Waals surface area contributed by atoms with E-state index < -0.39 is 5.91 Å². The van der Waals surface area contributed by atoms with Gasteiger partial charge in [-0.3, -0.25) is 9.59 Å². The minimum absolute atomic E-state index is 0.0991. The van der Waals surface area contributed by atoms with Crippen molar-refractivity contribution in [1.29, 1.82) is 5.26 Å². The molecule has 3 aromatic carbocycles. The van der Waals surface area contributed by atoms with Crippen LogP contribution in [0.5, 0.6) is 11.5 Å². The summed E-state index contributed by atoms with van der Waals surface area (Å²) in [5.41, 5.74) is 2.43. The summed E-state index contributed by atoms with van der Waals surface area (Å²) in [6.45, 7) is 3.77. The second-order valence-electron chi connectivity index (χ2n) is 7.69. The average molecular weight is 650 g/mol. The van der Waals surface area contributed by atoms with Gasteiger partial charge in [0.1, 0.15) is 11.6 Å². The lowest BCUT2D eigenvalue weighted by Gasteiger charge is -2.15. The van der Waals surface area contributed by atoms with Crippen LogP contribution in [0.3, 0.4) is 0 Å². The molecule has 0 fully saturated rings. The molecule has 190 valence electrons. The van der Waals surface area contributed by atoms with Gasteiger partial charge in [0.15, 0.2) is 18.1 Å². The van der Waals surface area contributed by atoms with Gasteiger partial charge in [-0.2, -0.15) is 5.26 Å². The first kappa shape index (κ1) is 28.3. The third kappa shape index (κ3) is 8.12. The van der Waals surface area contributed by atoms with E-state index in [0.717, 1.165) is 5.56 Å². The van der Waals surface area contributed by atoms with E-state index in [0.29, 0.717) is 48.7 Å². The lowest BCUT2D eigenvalue weighted by molar-refractivity contribution is -0.118. The third-order valence-corrected chi connectivity index (χ3v) is 6.37. The maximum absolute atomic E-state index is 12.6. The molecule has 0 atom stereocenters. The van der Waals surface area contributed by atoms with Crippen LogP contribution >= 0.6 is 45.8 Å². The summed E-state index contributed by atoms with van der Waals surface area (Å²) in [6.07, 6.45) is 1.45. The zero-order valence-electron chi connectivity index (χ0n) is 19.9. The first-order valence-electron chi connectivity index (χ1n) is 11.0. The van der Waals surface area contributed by atoms with Crippen molar-refractivity contribution in [3.05, 3.63) is 84.9 Å². The predicted molar refractivity (Wildman–Crippen MR) is 154 cm³/mol. The van der Waals surface area contributed by atoms with Gasteiger partial charge in [-0.15, -0.1) is 0 Å². The van der Waals surface area contributed by atoms with Crippen LogP contribution in [-0.2, 0) is 9.59 Å². The van der Waals surface area contributed by atoms with E-state index in [4.69, 9.17) is 32.7 Å². The molecule has 3 aromatic rings. The Morgan fingerprint density at radius 3 is 2.38 bits per heavy atom. The Hall–Kier alpha value is -3.26. The van der Waals surface area contributed by atoms with Gasteiger partial charge in [-0.25, -0.2) is 0 Å². The number of anilines is 2. The van der Waals surface area contributed by atoms with Crippen molar-refractivity contribution >= 4 is 75.1 Å². The maximum atomic E-state index is 12.6. The Labute approximate surface area is 238 Å². The van der Waals surface area contributed by atoms with E-state index in [1.54, 1.807) is 48.5 Å². The molecule has 37 heavy (non-hydrogen) atoms. The fourth-order valence-corrected chi connectivity index (χ4v) is 4.21. The molecule has 2 N–H and O–H groups in total. The molecule has 0 unspecified atom stereocenters. The van der Waals surface area contributed by atoms with Crippen LogP contribution in [0.2, 0.25) is 10.0 Å². The van der Waals surface area contributed by atoms with Crippen molar-refractivity contribution in [3.8, 4) is 17.6 Å². The van der Waals surface area contributed by atoms with Gasteiger partial charge in [-0.1, -0.05) is 29.3 Å². The largest absolute Gasteiger partial charge is 0.490 e. The van der Waals surface area contributed by atoms with E-state index in [-0.39, 0.29) is 18.1 Å². The number of hydrogen-bond acceptors (Lipinski definition) is 5. The molecule has 0 aliphatic rings. The highest BCUT2D eigenvalue weighted by molar-refractivity contribution is 14.1. The lowest BCUT2D eigenvalue weighted by atomic mass is 10.1. The zero-order chi connectivity index (χ0) is 26.9. The van der Waals surface area contributed by atoms with E-state index >= 15 is 0 Å². The minimum Gasteiger partial charge on any atom is -0.490 e. The molecule has 0 radical (unpaired) electrons. The van der Waals surface area contributed by atoms with Crippen molar-refractivity contribution in [3.63, 3.8) is 0 Å². The van der Waals surface area contributed by atoms with E-state index in [1.807, 2.05) is 48.6 Å². The number of rotatable bonds is 9. The fourth-order valence-electron chi connectivity index (χ4n) is 3.13. The van der Waals surface area contributed by atoms with Crippen molar-refractivity contribution in [2.45, 2.75) is 13.8 Å². The summed E-state index contributed by atoms with van der Waals surface area (Å²) >= 11 is 14.0. The van der Waals surface area contributed by atoms with Crippen LogP contribution in [0.4, 0.5) is 11.4 Å². The number of nitriles is 1. The summed E-state index contributed by atoms with van der Waals surface area (Å²) < 4.78 is 12.1. The maximum Gasteiger partial charge on any atom is 0.266 e. The minimum atomic E-state index is -0.564. The second kappa shape index (κ2) is 13.3. The van der Waals surface area contributed by atoms with Crippen LogP contribution in [0, 0.1) is 21.8 Å². The highest BCUT2D eigenvalue weighted by Crippen LogP contribution is 2.35. The Bertz CT molecular complexity index is 1390. The quantitative estimate of drug-likeness (QED) is 0.150. The summed E-state index contributed by atoms with van der Waals surface area (Å²) in [4.78, 5) is 25.1. The van der Waals surface area contributed by atoms with Crippen molar-refractivity contribution in [2.75, 3.05) is 23.8 Å². The van der Waals surface area contributed by atoms with Crippen molar-refractivity contribution in [1.82, 2.24) is 0 Å². The smallest absolute Gasteiger partial charge is 0.266 e.